The lowest BCUT2D eigenvalue weighted by atomic mass is 10.1. The smallest absolute Gasteiger partial charge is 0.323 e. The van der Waals surface area contributed by atoms with Crippen LogP contribution in [0.5, 0.6) is 0 Å². The zero-order valence-corrected chi connectivity index (χ0v) is 9.43. The van der Waals surface area contributed by atoms with Gasteiger partial charge in [-0.3, -0.25) is 9.59 Å². The molecule has 0 bridgehead atoms. The van der Waals surface area contributed by atoms with Gasteiger partial charge in [0.05, 0.1) is 0 Å². The van der Waals surface area contributed by atoms with Gasteiger partial charge in [0.2, 0.25) is 0 Å². The predicted octanol–water partition coefficient (Wildman–Crippen LogP) is 1.41. The first-order chi connectivity index (χ1) is 7.54. The molecule has 16 heavy (non-hydrogen) atoms. The summed E-state index contributed by atoms with van der Waals surface area (Å²) in [7, 11) is 1.48. The molecule has 1 aromatic carbocycles. The number of carboxylic acid groups (broad SMARTS) is 1. The largest absolute Gasteiger partial charge is 0.480 e. The van der Waals surface area contributed by atoms with E-state index >= 15 is 0 Å². The van der Waals surface area contributed by atoms with Crippen molar-refractivity contribution < 1.29 is 14.7 Å². The number of hydrogen-bond donors (Lipinski definition) is 1. The maximum Gasteiger partial charge on any atom is 0.323 e. The second kappa shape index (κ2) is 5.30. The highest BCUT2D eigenvalue weighted by molar-refractivity contribution is 5.95. The third kappa shape index (κ3) is 3.08. The van der Waals surface area contributed by atoms with Crippen LogP contribution in [0.1, 0.15) is 22.8 Å². The van der Waals surface area contributed by atoms with Crippen LogP contribution in [0, 0.1) is 0 Å². The number of aliphatic carboxylic acids is 1. The van der Waals surface area contributed by atoms with Gasteiger partial charge in [0, 0.05) is 12.6 Å². The van der Waals surface area contributed by atoms with Gasteiger partial charge in [0.15, 0.2) is 0 Å². The third-order valence-corrected chi connectivity index (χ3v) is 2.33. The van der Waals surface area contributed by atoms with Gasteiger partial charge >= 0.3 is 5.97 Å². The maximum absolute atomic E-state index is 11.7. The number of likely N-dealkylation sites (N-methyl/N-ethyl adjacent to an activating group) is 1. The number of nitrogens with zero attached hydrogens (tertiary/aromatic N) is 1. The van der Waals surface area contributed by atoms with Gasteiger partial charge in [-0.2, -0.15) is 0 Å². The zero-order chi connectivity index (χ0) is 12.1. The molecule has 0 saturated carbocycles. The van der Waals surface area contributed by atoms with Gasteiger partial charge in [-0.05, 0) is 24.1 Å². The number of hydrogen-bond acceptors (Lipinski definition) is 2. The number of amides is 1. The topological polar surface area (TPSA) is 57.6 Å². The fraction of sp³-hybridized carbons (Fsp3) is 0.333. The molecule has 1 rings (SSSR count). The molecule has 0 saturated heterocycles. The van der Waals surface area contributed by atoms with Crippen LogP contribution >= 0.6 is 0 Å². The van der Waals surface area contributed by atoms with Gasteiger partial charge < -0.3 is 10.0 Å². The molecule has 0 aliphatic rings. The van der Waals surface area contributed by atoms with E-state index in [0.717, 1.165) is 12.0 Å². The summed E-state index contributed by atoms with van der Waals surface area (Å²) in [4.78, 5) is 23.4. The van der Waals surface area contributed by atoms with Crippen molar-refractivity contribution in [3.63, 3.8) is 0 Å². The fourth-order valence-electron chi connectivity index (χ4n) is 1.38. The third-order valence-electron chi connectivity index (χ3n) is 2.33. The summed E-state index contributed by atoms with van der Waals surface area (Å²) in [5, 5.41) is 8.57. The molecule has 1 amide bonds. The number of aryl methyl sites for hydroxylation is 1. The van der Waals surface area contributed by atoms with Crippen molar-refractivity contribution in [2.75, 3.05) is 13.6 Å². The Morgan fingerprint density at radius 1 is 1.25 bits per heavy atom. The minimum atomic E-state index is -1.01. The van der Waals surface area contributed by atoms with E-state index in [0.29, 0.717) is 5.56 Å². The van der Waals surface area contributed by atoms with Crippen molar-refractivity contribution in [2.24, 2.45) is 0 Å². The highest BCUT2D eigenvalue weighted by Gasteiger charge is 2.13. The second-order valence-corrected chi connectivity index (χ2v) is 3.61. The summed E-state index contributed by atoms with van der Waals surface area (Å²) in [5.41, 5.74) is 1.67. The Labute approximate surface area is 94.5 Å². The molecule has 0 fully saturated rings. The van der Waals surface area contributed by atoms with Crippen molar-refractivity contribution in [1.29, 1.82) is 0 Å². The first-order valence-electron chi connectivity index (χ1n) is 5.10. The molecule has 0 atom stereocenters. The monoisotopic (exact) mass is 221 g/mol. The highest BCUT2D eigenvalue weighted by atomic mass is 16.4. The molecule has 0 radical (unpaired) electrons. The number of carboxylic acids is 1. The van der Waals surface area contributed by atoms with Crippen LogP contribution in [0.2, 0.25) is 0 Å². The van der Waals surface area contributed by atoms with Crippen LogP contribution in [-0.2, 0) is 11.2 Å². The Hall–Kier alpha value is -1.84. The Morgan fingerprint density at radius 2 is 1.81 bits per heavy atom. The van der Waals surface area contributed by atoms with Crippen LogP contribution in [0.25, 0.3) is 0 Å². The second-order valence-electron chi connectivity index (χ2n) is 3.61. The summed E-state index contributed by atoms with van der Waals surface area (Å²) < 4.78 is 0. The van der Waals surface area contributed by atoms with E-state index in [1.165, 1.54) is 11.9 Å². The van der Waals surface area contributed by atoms with Crippen molar-refractivity contribution >= 4 is 11.9 Å². The van der Waals surface area contributed by atoms with Crippen LogP contribution in [0.4, 0.5) is 0 Å². The van der Waals surface area contributed by atoms with Crippen LogP contribution in [0.15, 0.2) is 24.3 Å². The van der Waals surface area contributed by atoms with Crippen molar-refractivity contribution in [1.82, 2.24) is 4.90 Å². The van der Waals surface area contributed by atoms with E-state index in [1.54, 1.807) is 12.1 Å². The fourth-order valence-corrected chi connectivity index (χ4v) is 1.38. The van der Waals surface area contributed by atoms with E-state index in [9.17, 15) is 9.59 Å². The quantitative estimate of drug-likeness (QED) is 0.836. The molecule has 4 nitrogen and oxygen atoms in total. The summed E-state index contributed by atoms with van der Waals surface area (Å²) >= 11 is 0. The SMILES string of the molecule is CCc1ccc(C(=O)N(C)CC(=O)O)cc1. The van der Waals surface area contributed by atoms with E-state index < -0.39 is 5.97 Å². The minimum absolute atomic E-state index is 0.273. The van der Waals surface area contributed by atoms with Gasteiger partial charge in [-0.15, -0.1) is 0 Å². The van der Waals surface area contributed by atoms with Crippen molar-refractivity contribution in [3.05, 3.63) is 35.4 Å². The maximum atomic E-state index is 11.7. The Kier molecular flexibility index (Phi) is 4.05. The lowest BCUT2D eigenvalue weighted by molar-refractivity contribution is -0.137. The summed E-state index contributed by atoms with van der Waals surface area (Å²) in [6.45, 7) is 1.75. The molecule has 1 aromatic rings. The lowest BCUT2D eigenvalue weighted by Gasteiger charge is -2.14. The van der Waals surface area contributed by atoms with E-state index in [-0.39, 0.29) is 12.5 Å². The first-order valence-corrected chi connectivity index (χ1v) is 5.10. The Bertz CT molecular complexity index is 384. The number of carbonyl (C=O) groups is 2. The summed E-state index contributed by atoms with van der Waals surface area (Å²) in [6.07, 6.45) is 0.916. The number of benzene rings is 1. The molecule has 86 valence electrons. The molecular weight excluding hydrogens is 206 g/mol. The van der Waals surface area contributed by atoms with Crippen LogP contribution in [-0.4, -0.2) is 35.5 Å². The summed E-state index contributed by atoms with van der Waals surface area (Å²) in [5.74, 6) is -1.29. The molecule has 0 heterocycles. The number of carbonyl (C=O) groups excluding carboxylic acids is 1. The zero-order valence-electron chi connectivity index (χ0n) is 9.43. The molecule has 0 aliphatic heterocycles. The van der Waals surface area contributed by atoms with E-state index in [2.05, 4.69) is 0 Å². The van der Waals surface area contributed by atoms with Gasteiger partial charge in [0.25, 0.3) is 5.91 Å². The normalized spacial score (nSPS) is 9.88. The van der Waals surface area contributed by atoms with Crippen molar-refractivity contribution in [2.45, 2.75) is 13.3 Å². The molecule has 0 aliphatic carbocycles. The average Bonchev–Trinajstić information content (AvgIpc) is 2.27. The standard InChI is InChI=1S/C12H15NO3/c1-3-9-4-6-10(7-5-9)12(16)13(2)8-11(14)15/h4-7H,3,8H2,1-2H3,(H,14,15). The molecule has 0 spiro atoms. The molecule has 0 aromatic heterocycles. The van der Waals surface area contributed by atoms with Gasteiger partial charge in [0.1, 0.15) is 6.54 Å². The van der Waals surface area contributed by atoms with Crippen LogP contribution < -0.4 is 0 Å². The molecule has 1 N–H and O–H groups in total. The van der Waals surface area contributed by atoms with Gasteiger partial charge in [-0.1, -0.05) is 19.1 Å². The van der Waals surface area contributed by atoms with Crippen molar-refractivity contribution in [3.8, 4) is 0 Å². The first kappa shape index (κ1) is 12.2. The molecular formula is C12H15NO3. The lowest BCUT2D eigenvalue weighted by Crippen LogP contribution is -2.31. The molecule has 4 heteroatoms. The predicted molar refractivity (Wildman–Crippen MR) is 60.4 cm³/mol. The van der Waals surface area contributed by atoms with Crippen LogP contribution in [0.3, 0.4) is 0 Å². The Morgan fingerprint density at radius 3 is 2.25 bits per heavy atom. The highest BCUT2D eigenvalue weighted by Crippen LogP contribution is 2.07. The van der Waals surface area contributed by atoms with E-state index in [4.69, 9.17) is 5.11 Å². The summed E-state index contributed by atoms with van der Waals surface area (Å²) in [6, 6.07) is 7.20. The number of rotatable bonds is 4. The van der Waals surface area contributed by atoms with E-state index in [1.807, 2.05) is 19.1 Å². The average molecular weight is 221 g/mol. The minimum Gasteiger partial charge on any atom is -0.480 e. The van der Waals surface area contributed by atoms with Gasteiger partial charge in [-0.25, -0.2) is 0 Å². The Balaban J connectivity index is 2.75. The molecule has 0 unspecified atom stereocenters.